The van der Waals surface area contributed by atoms with Gasteiger partial charge in [-0.15, -0.1) is 0 Å². The Bertz CT molecular complexity index is 1820. The van der Waals surface area contributed by atoms with Gasteiger partial charge in [0.1, 0.15) is 28.3 Å². The summed E-state index contributed by atoms with van der Waals surface area (Å²) in [6.07, 6.45) is 2.70. The van der Waals surface area contributed by atoms with Crippen molar-refractivity contribution in [3.05, 3.63) is 100 Å². The molecule has 12 heteroatoms. The molecule has 0 spiro atoms. The molecule has 3 aromatic heterocycles. The summed E-state index contributed by atoms with van der Waals surface area (Å²) in [7, 11) is 1.60. The summed E-state index contributed by atoms with van der Waals surface area (Å²) >= 11 is 0. The highest BCUT2D eigenvalue weighted by Gasteiger charge is 2.22. The van der Waals surface area contributed by atoms with Gasteiger partial charge in [0.2, 0.25) is 0 Å². The van der Waals surface area contributed by atoms with Crippen LogP contribution in [0, 0.1) is 11.6 Å². The Morgan fingerprint density at radius 3 is 2.58 bits per heavy atom. The zero-order valence-corrected chi connectivity index (χ0v) is 23.7. The van der Waals surface area contributed by atoms with E-state index in [-0.39, 0.29) is 36.1 Å². The third kappa shape index (κ3) is 6.38. The van der Waals surface area contributed by atoms with Crippen molar-refractivity contribution in [1.29, 1.82) is 0 Å². The van der Waals surface area contributed by atoms with Crippen molar-refractivity contribution in [3.63, 3.8) is 0 Å². The summed E-state index contributed by atoms with van der Waals surface area (Å²) in [6.45, 7) is 4.32. The molecule has 5 aromatic rings. The lowest BCUT2D eigenvalue weighted by molar-refractivity contribution is 0.0987. The fraction of sp³-hybridized carbons (Fsp3) is 0.226. The molecule has 222 valence electrons. The number of carbonyl (C=O) groups excluding carboxylic acids is 1. The van der Waals surface area contributed by atoms with Gasteiger partial charge in [0.05, 0.1) is 13.2 Å². The molecule has 2 N–H and O–H groups in total. The molecule has 0 saturated heterocycles. The smallest absolute Gasteiger partial charge is 0.269 e. The third-order valence-corrected chi connectivity index (χ3v) is 6.54. The Labute approximate surface area is 245 Å². The molecule has 0 aliphatic carbocycles. The molecule has 1 atom stereocenters. The first-order valence-electron chi connectivity index (χ1n) is 13.5. The van der Waals surface area contributed by atoms with E-state index < -0.39 is 23.0 Å². The second-order valence-electron chi connectivity index (χ2n) is 9.71. The number of rotatable bonds is 12. The van der Waals surface area contributed by atoms with Crippen LogP contribution in [-0.4, -0.2) is 51.9 Å². The number of aromatic amines is 1. The number of H-pyrrole nitrogens is 1. The van der Waals surface area contributed by atoms with Gasteiger partial charge < -0.3 is 19.5 Å². The minimum atomic E-state index is -0.706. The number of ether oxygens (including phenoxy) is 3. The fourth-order valence-corrected chi connectivity index (χ4v) is 4.62. The first-order chi connectivity index (χ1) is 20.8. The molecule has 0 radical (unpaired) electrons. The lowest BCUT2D eigenvalue weighted by Crippen LogP contribution is -2.27. The number of nitrogens with zero attached hydrogens (tertiary/aromatic N) is 3. The Kier molecular flexibility index (Phi) is 8.77. The van der Waals surface area contributed by atoms with Crippen LogP contribution in [0.15, 0.2) is 71.8 Å². The van der Waals surface area contributed by atoms with E-state index in [0.29, 0.717) is 40.5 Å². The summed E-state index contributed by atoms with van der Waals surface area (Å²) < 4.78 is 46.6. The Morgan fingerprint density at radius 2 is 1.86 bits per heavy atom. The number of pyridine rings is 2. The van der Waals surface area contributed by atoms with Gasteiger partial charge in [-0.3, -0.25) is 19.3 Å². The summed E-state index contributed by atoms with van der Waals surface area (Å²) in [6, 6.07) is 12.5. The number of nitrogens with one attached hydrogen (secondary N) is 2. The number of Topliss-reactive ketones (excluding diaryl/α,β-unsaturated/α-hetero) is 1. The van der Waals surface area contributed by atoms with E-state index in [1.54, 1.807) is 26.2 Å². The SMILES string of the molecule is CCOc1ccn(-c2ccc(F)cc2)c(=O)c1C(=O)Cc1ccc(Oc2ccnc3[nH]nc(N[C@H](C)COC)c23)c(F)c1. The van der Waals surface area contributed by atoms with E-state index in [1.165, 1.54) is 59.4 Å². The molecule has 0 fully saturated rings. The Hall–Kier alpha value is -5.10. The number of methoxy groups -OCH3 is 1. The van der Waals surface area contributed by atoms with E-state index in [9.17, 15) is 14.0 Å². The van der Waals surface area contributed by atoms with Gasteiger partial charge in [-0.05, 0) is 61.9 Å². The number of carbonyl (C=O) groups is 1. The van der Waals surface area contributed by atoms with Crippen molar-refractivity contribution >= 4 is 22.6 Å². The second-order valence-corrected chi connectivity index (χ2v) is 9.71. The molecular formula is C31H29F2N5O5. The van der Waals surface area contributed by atoms with Crippen LogP contribution in [0.5, 0.6) is 17.2 Å². The normalized spacial score (nSPS) is 11.8. The number of halogens is 2. The van der Waals surface area contributed by atoms with Crippen molar-refractivity contribution in [2.45, 2.75) is 26.3 Å². The summed E-state index contributed by atoms with van der Waals surface area (Å²) in [4.78, 5) is 31.0. The molecule has 43 heavy (non-hydrogen) atoms. The predicted octanol–water partition coefficient (Wildman–Crippen LogP) is 5.45. The van der Waals surface area contributed by atoms with Crippen molar-refractivity contribution in [2.75, 3.05) is 25.6 Å². The lowest BCUT2D eigenvalue weighted by Gasteiger charge is -2.14. The zero-order chi connectivity index (χ0) is 30.5. The Balaban J connectivity index is 1.40. The van der Waals surface area contributed by atoms with Crippen LogP contribution >= 0.6 is 0 Å². The molecule has 0 amide bonds. The lowest BCUT2D eigenvalue weighted by atomic mass is 10.0. The molecular weight excluding hydrogens is 560 g/mol. The van der Waals surface area contributed by atoms with Gasteiger partial charge in [0.15, 0.2) is 28.8 Å². The minimum Gasteiger partial charge on any atom is -0.493 e. The maximum absolute atomic E-state index is 15.3. The molecule has 0 aliphatic heterocycles. The van der Waals surface area contributed by atoms with Crippen molar-refractivity contribution in [3.8, 4) is 22.9 Å². The van der Waals surface area contributed by atoms with Crippen molar-refractivity contribution in [2.24, 2.45) is 0 Å². The Morgan fingerprint density at radius 1 is 1.07 bits per heavy atom. The number of benzene rings is 2. The second kappa shape index (κ2) is 12.8. The third-order valence-electron chi connectivity index (χ3n) is 6.54. The standard InChI is InChI=1S/C31H29F2N5O5/c1-4-42-25-12-14-38(21-8-6-20(32)7-9-21)31(40)27(25)23(39)16-19-5-10-24(22(33)15-19)43-26-11-13-34-29-28(26)30(37-36-29)35-18(2)17-41-3/h5-15,18H,4,16-17H2,1-3H3,(H2,34,35,36,37)/t18-/m1/s1. The highest BCUT2D eigenvalue weighted by molar-refractivity contribution is 5.99. The number of hydrogen-bond acceptors (Lipinski definition) is 8. The molecule has 10 nitrogen and oxygen atoms in total. The molecule has 0 saturated carbocycles. The van der Waals surface area contributed by atoms with Crippen LogP contribution in [0.1, 0.15) is 29.8 Å². The van der Waals surface area contributed by atoms with Crippen LogP contribution in [0.3, 0.4) is 0 Å². The summed E-state index contributed by atoms with van der Waals surface area (Å²) in [5, 5.41) is 10.8. The monoisotopic (exact) mass is 589 g/mol. The van der Waals surface area contributed by atoms with Crippen LogP contribution in [0.2, 0.25) is 0 Å². The summed E-state index contributed by atoms with van der Waals surface area (Å²) in [5.74, 6) is -0.891. The van der Waals surface area contributed by atoms with Gasteiger partial charge in [0.25, 0.3) is 5.56 Å². The molecule has 3 heterocycles. The average molecular weight is 590 g/mol. The van der Waals surface area contributed by atoms with Gasteiger partial charge in [0, 0.05) is 43.7 Å². The average Bonchev–Trinajstić information content (AvgIpc) is 3.39. The molecule has 5 rings (SSSR count). The van der Waals surface area contributed by atoms with E-state index >= 15 is 4.39 Å². The van der Waals surface area contributed by atoms with E-state index in [4.69, 9.17) is 14.2 Å². The predicted molar refractivity (Wildman–Crippen MR) is 157 cm³/mol. The molecule has 2 aromatic carbocycles. The molecule has 0 bridgehead atoms. The fourth-order valence-electron chi connectivity index (χ4n) is 4.62. The van der Waals surface area contributed by atoms with E-state index in [2.05, 4.69) is 20.5 Å². The van der Waals surface area contributed by atoms with Crippen LogP contribution in [0.4, 0.5) is 14.6 Å². The first-order valence-corrected chi connectivity index (χ1v) is 13.5. The number of aromatic nitrogens is 4. The van der Waals surface area contributed by atoms with Gasteiger partial charge in [-0.25, -0.2) is 13.8 Å². The number of hydrogen-bond donors (Lipinski definition) is 2. The molecule has 0 unspecified atom stereocenters. The largest absolute Gasteiger partial charge is 0.493 e. The first kappa shape index (κ1) is 29.4. The minimum absolute atomic E-state index is 0.0641. The number of fused-ring (bicyclic) bond motifs is 1. The van der Waals surface area contributed by atoms with Crippen molar-refractivity contribution in [1.82, 2.24) is 19.7 Å². The van der Waals surface area contributed by atoms with Gasteiger partial charge >= 0.3 is 0 Å². The van der Waals surface area contributed by atoms with Crippen molar-refractivity contribution < 1.29 is 27.8 Å². The quantitative estimate of drug-likeness (QED) is 0.184. The number of anilines is 1. The zero-order valence-electron chi connectivity index (χ0n) is 23.7. The van der Waals surface area contributed by atoms with Crippen LogP contribution < -0.4 is 20.3 Å². The highest BCUT2D eigenvalue weighted by atomic mass is 19.1. The maximum atomic E-state index is 15.3. The maximum Gasteiger partial charge on any atom is 0.269 e. The van der Waals surface area contributed by atoms with Crippen LogP contribution in [0.25, 0.3) is 16.7 Å². The highest BCUT2D eigenvalue weighted by Crippen LogP contribution is 2.34. The number of ketones is 1. The summed E-state index contributed by atoms with van der Waals surface area (Å²) in [5.41, 5.74) is 0.343. The topological polar surface area (TPSA) is 120 Å². The van der Waals surface area contributed by atoms with Crippen LogP contribution in [-0.2, 0) is 11.2 Å². The van der Waals surface area contributed by atoms with Gasteiger partial charge in [-0.1, -0.05) is 6.07 Å². The van der Waals surface area contributed by atoms with Gasteiger partial charge in [-0.2, -0.15) is 5.10 Å². The van der Waals surface area contributed by atoms with E-state index in [1.807, 2.05) is 6.92 Å². The molecule has 0 aliphatic rings. The van der Waals surface area contributed by atoms with E-state index in [0.717, 1.165) is 0 Å².